The molecule has 0 radical (unpaired) electrons. The first kappa shape index (κ1) is 11.5. The summed E-state index contributed by atoms with van der Waals surface area (Å²) < 4.78 is 28.7. The van der Waals surface area contributed by atoms with Crippen LogP contribution in [0.1, 0.15) is 17.3 Å². The van der Waals surface area contributed by atoms with Gasteiger partial charge in [0.15, 0.2) is 0 Å². The lowest BCUT2D eigenvalue weighted by atomic mass is 10.3. The van der Waals surface area contributed by atoms with E-state index in [1.54, 1.807) is 6.92 Å². The van der Waals surface area contributed by atoms with Gasteiger partial charge >= 0.3 is 5.97 Å². The second kappa shape index (κ2) is 4.30. The number of carbonyl (C=O) groups is 1. The highest BCUT2D eigenvalue weighted by Crippen LogP contribution is 2.13. The van der Waals surface area contributed by atoms with Crippen molar-refractivity contribution >= 4 is 21.8 Å². The molecular formula is C7H11N3O4S. The van der Waals surface area contributed by atoms with Crippen LogP contribution in [0, 0.1) is 0 Å². The van der Waals surface area contributed by atoms with Crippen molar-refractivity contribution in [2.45, 2.75) is 6.92 Å². The van der Waals surface area contributed by atoms with Crippen molar-refractivity contribution < 1.29 is 17.9 Å². The first-order chi connectivity index (χ1) is 6.94. The smallest absolute Gasteiger partial charge is 0.343 e. The predicted molar refractivity (Wildman–Crippen MR) is 53.0 cm³/mol. The third-order valence-corrected chi connectivity index (χ3v) is 2.00. The van der Waals surface area contributed by atoms with Crippen molar-refractivity contribution in [1.82, 2.24) is 10.2 Å². The molecule has 0 spiro atoms. The Bertz CT molecular complexity index is 451. The maximum Gasteiger partial charge on any atom is 0.343 e. The Kier molecular flexibility index (Phi) is 3.30. The summed E-state index contributed by atoms with van der Waals surface area (Å²) in [6.45, 7) is 1.87. The van der Waals surface area contributed by atoms with E-state index in [0.29, 0.717) is 0 Å². The lowest BCUT2D eigenvalue weighted by Crippen LogP contribution is -2.14. The summed E-state index contributed by atoms with van der Waals surface area (Å²) in [5.41, 5.74) is 0.0577. The predicted octanol–water partition coefficient (Wildman–Crippen LogP) is -0.0421. The van der Waals surface area contributed by atoms with Gasteiger partial charge in [-0.05, 0) is 6.92 Å². The van der Waals surface area contributed by atoms with Gasteiger partial charge in [-0.3, -0.25) is 9.82 Å². The van der Waals surface area contributed by atoms with E-state index in [9.17, 15) is 13.2 Å². The van der Waals surface area contributed by atoms with Crippen LogP contribution < -0.4 is 4.72 Å². The highest BCUT2D eigenvalue weighted by Gasteiger charge is 2.16. The van der Waals surface area contributed by atoms with E-state index >= 15 is 0 Å². The molecule has 8 heteroatoms. The molecule has 7 nitrogen and oxygen atoms in total. The van der Waals surface area contributed by atoms with Gasteiger partial charge in [-0.1, -0.05) is 0 Å². The number of sulfonamides is 1. The number of ether oxygens (including phenoxy) is 1. The van der Waals surface area contributed by atoms with Crippen molar-refractivity contribution in [2.75, 3.05) is 17.6 Å². The molecule has 0 atom stereocenters. The number of aromatic amines is 1. The standard InChI is InChI=1S/C7H11N3O4S/c1-3-14-7(11)5-4-8-9-6(5)10-15(2,12)13/h4H,3H2,1-2H3,(H2,8,9,10). The summed E-state index contributed by atoms with van der Waals surface area (Å²) in [6, 6.07) is 0. The molecule has 0 aliphatic rings. The quantitative estimate of drug-likeness (QED) is 0.710. The number of H-pyrrole nitrogens is 1. The Labute approximate surface area is 86.9 Å². The van der Waals surface area contributed by atoms with Crippen molar-refractivity contribution in [3.05, 3.63) is 11.8 Å². The summed E-state index contributed by atoms with van der Waals surface area (Å²) in [4.78, 5) is 11.3. The number of esters is 1. The van der Waals surface area contributed by atoms with Crippen LogP contribution >= 0.6 is 0 Å². The maximum absolute atomic E-state index is 11.3. The zero-order chi connectivity index (χ0) is 11.5. The fourth-order valence-electron chi connectivity index (χ4n) is 0.913. The highest BCUT2D eigenvalue weighted by atomic mass is 32.2. The van der Waals surface area contributed by atoms with Crippen LogP contribution in [0.3, 0.4) is 0 Å². The van der Waals surface area contributed by atoms with E-state index < -0.39 is 16.0 Å². The van der Waals surface area contributed by atoms with Gasteiger partial charge in [0.05, 0.1) is 19.1 Å². The lowest BCUT2D eigenvalue weighted by Gasteiger charge is -2.03. The number of nitrogens with zero attached hydrogens (tertiary/aromatic N) is 1. The summed E-state index contributed by atoms with van der Waals surface area (Å²) in [7, 11) is -3.45. The van der Waals surface area contributed by atoms with Crippen molar-refractivity contribution in [3.8, 4) is 0 Å². The average molecular weight is 233 g/mol. The Morgan fingerprint density at radius 2 is 2.33 bits per heavy atom. The van der Waals surface area contributed by atoms with Crippen LogP contribution in [0.4, 0.5) is 5.82 Å². The molecule has 0 aromatic carbocycles. The molecule has 0 fully saturated rings. The lowest BCUT2D eigenvalue weighted by molar-refractivity contribution is 0.0527. The molecule has 0 amide bonds. The molecule has 0 saturated heterocycles. The van der Waals surface area contributed by atoms with E-state index in [1.165, 1.54) is 6.20 Å². The number of nitrogens with one attached hydrogen (secondary N) is 2. The number of rotatable bonds is 4. The number of hydrogen-bond acceptors (Lipinski definition) is 5. The Balaban J connectivity index is 2.92. The normalized spacial score (nSPS) is 11.1. The number of anilines is 1. The van der Waals surface area contributed by atoms with Gasteiger partial charge in [0.1, 0.15) is 11.4 Å². The summed E-state index contributed by atoms with van der Waals surface area (Å²) in [6.07, 6.45) is 2.17. The molecule has 84 valence electrons. The van der Waals surface area contributed by atoms with E-state index in [-0.39, 0.29) is 18.0 Å². The van der Waals surface area contributed by atoms with Crippen molar-refractivity contribution in [3.63, 3.8) is 0 Å². The van der Waals surface area contributed by atoms with Crippen LogP contribution in [0.5, 0.6) is 0 Å². The molecule has 0 unspecified atom stereocenters. The molecule has 1 aromatic rings. The first-order valence-electron chi connectivity index (χ1n) is 4.12. The zero-order valence-electron chi connectivity index (χ0n) is 8.27. The highest BCUT2D eigenvalue weighted by molar-refractivity contribution is 7.92. The van der Waals surface area contributed by atoms with Gasteiger partial charge < -0.3 is 4.74 Å². The number of hydrogen-bond donors (Lipinski definition) is 2. The van der Waals surface area contributed by atoms with Crippen molar-refractivity contribution in [2.24, 2.45) is 0 Å². The Morgan fingerprint density at radius 1 is 1.67 bits per heavy atom. The molecule has 0 aliphatic carbocycles. The first-order valence-corrected chi connectivity index (χ1v) is 6.01. The second-order valence-electron chi connectivity index (χ2n) is 2.75. The Morgan fingerprint density at radius 3 is 2.87 bits per heavy atom. The fraction of sp³-hybridized carbons (Fsp3) is 0.429. The van der Waals surface area contributed by atoms with Crippen LogP contribution in [0.15, 0.2) is 6.20 Å². The Hall–Kier alpha value is -1.57. The van der Waals surface area contributed by atoms with Crippen LogP contribution in [-0.2, 0) is 14.8 Å². The molecule has 1 heterocycles. The third kappa shape index (κ3) is 3.24. The summed E-state index contributed by atoms with van der Waals surface area (Å²) in [5, 5.41) is 5.92. The molecule has 1 rings (SSSR count). The van der Waals surface area contributed by atoms with Crippen LogP contribution in [0.2, 0.25) is 0 Å². The number of carbonyl (C=O) groups excluding carboxylic acids is 1. The van der Waals surface area contributed by atoms with Crippen molar-refractivity contribution in [1.29, 1.82) is 0 Å². The SMILES string of the molecule is CCOC(=O)c1cn[nH]c1NS(C)(=O)=O. The topological polar surface area (TPSA) is 101 Å². The minimum Gasteiger partial charge on any atom is -0.462 e. The molecule has 0 aliphatic heterocycles. The van der Waals surface area contributed by atoms with Gasteiger partial charge in [-0.15, -0.1) is 0 Å². The fourth-order valence-corrected chi connectivity index (χ4v) is 1.44. The van der Waals surface area contributed by atoms with E-state index in [2.05, 4.69) is 14.9 Å². The third-order valence-electron chi connectivity index (χ3n) is 1.42. The van der Waals surface area contributed by atoms with Gasteiger partial charge in [-0.25, -0.2) is 13.2 Å². The summed E-state index contributed by atoms with van der Waals surface area (Å²) >= 11 is 0. The van der Waals surface area contributed by atoms with E-state index in [0.717, 1.165) is 6.26 Å². The maximum atomic E-state index is 11.3. The van der Waals surface area contributed by atoms with Gasteiger partial charge in [0.25, 0.3) is 0 Å². The minimum absolute atomic E-state index is 0.0101. The average Bonchev–Trinajstić information content (AvgIpc) is 2.49. The van der Waals surface area contributed by atoms with Crippen LogP contribution in [0.25, 0.3) is 0 Å². The molecule has 15 heavy (non-hydrogen) atoms. The van der Waals surface area contributed by atoms with Gasteiger partial charge in [0.2, 0.25) is 10.0 Å². The zero-order valence-corrected chi connectivity index (χ0v) is 9.09. The van der Waals surface area contributed by atoms with Gasteiger partial charge in [0, 0.05) is 0 Å². The number of aromatic nitrogens is 2. The van der Waals surface area contributed by atoms with E-state index in [4.69, 9.17) is 4.74 Å². The van der Waals surface area contributed by atoms with Gasteiger partial charge in [-0.2, -0.15) is 5.10 Å². The second-order valence-corrected chi connectivity index (χ2v) is 4.50. The monoisotopic (exact) mass is 233 g/mol. The van der Waals surface area contributed by atoms with Crippen LogP contribution in [-0.4, -0.2) is 37.4 Å². The molecule has 0 bridgehead atoms. The molecule has 2 N–H and O–H groups in total. The minimum atomic E-state index is -3.45. The molecular weight excluding hydrogens is 222 g/mol. The summed E-state index contributed by atoms with van der Waals surface area (Å²) in [5.74, 6) is -0.617. The molecule has 1 aromatic heterocycles. The molecule has 0 saturated carbocycles. The van der Waals surface area contributed by atoms with E-state index in [1.807, 2.05) is 0 Å². The largest absolute Gasteiger partial charge is 0.462 e.